The number of hydrogen-bond donors (Lipinski definition) is 1. The summed E-state index contributed by atoms with van der Waals surface area (Å²) in [5.41, 5.74) is 7.66. The van der Waals surface area contributed by atoms with Gasteiger partial charge in [-0.3, -0.25) is 9.78 Å². The number of primary amides is 1. The highest BCUT2D eigenvalue weighted by Gasteiger charge is 2.07. The lowest BCUT2D eigenvalue weighted by Gasteiger charge is -2.01. The van der Waals surface area contributed by atoms with Crippen LogP contribution in [0.15, 0.2) is 24.4 Å². The van der Waals surface area contributed by atoms with Crippen molar-refractivity contribution < 1.29 is 4.79 Å². The molecule has 1 aromatic heterocycles. The number of aromatic nitrogens is 2. The van der Waals surface area contributed by atoms with Crippen LogP contribution in [0.4, 0.5) is 0 Å². The summed E-state index contributed by atoms with van der Waals surface area (Å²) in [4.78, 5) is 19.5. The first-order valence-corrected chi connectivity index (χ1v) is 4.20. The van der Waals surface area contributed by atoms with Gasteiger partial charge in [0.05, 0.1) is 16.8 Å². The largest absolute Gasteiger partial charge is 0.366 e. The Morgan fingerprint density at radius 2 is 2.21 bits per heavy atom. The van der Waals surface area contributed by atoms with E-state index < -0.39 is 5.91 Å². The number of benzene rings is 1. The number of para-hydroxylation sites is 1. The molecule has 1 aromatic carbocycles. The van der Waals surface area contributed by atoms with Crippen LogP contribution in [0.1, 0.15) is 16.1 Å². The van der Waals surface area contributed by atoms with Gasteiger partial charge in [0.15, 0.2) is 0 Å². The Hall–Kier alpha value is -1.97. The third kappa shape index (κ3) is 1.31. The van der Waals surface area contributed by atoms with E-state index in [2.05, 4.69) is 9.97 Å². The van der Waals surface area contributed by atoms with Gasteiger partial charge >= 0.3 is 0 Å². The molecule has 0 radical (unpaired) electrons. The molecule has 4 nitrogen and oxygen atoms in total. The molecule has 0 fully saturated rings. The number of aryl methyl sites for hydroxylation is 1. The molecule has 0 unspecified atom stereocenters. The maximum atomic E-state index is 11.1. The average Bonchev–Trinajstić information content (AvgIpc) is 2.16. The highest BCUT2D eigenvalue weighted by Crippen LogP contribution is 2.13. The Labute approximate surface area is 80.8 Å². The van der Waals surface area contributed by atoms with Gasteiger partial charge in [0.1, 0.15) is 5.52 Å². The molecular weight excluding hydrogens is 178 g/mol. The molecule has 14 heavy (non-hydrogen) atoms. The van der Waals surface area contributed by atoms with Crippen molar-refractivity contribution in [3.05, 3.63) is 35.7 Å². The van der Waals surface area contributed by atoms with Gasteiger partial charge in [-0.15, -0.1) is 0 Å². The van der Waals surface area contributed by atoms with Crippen LogP contribution >= 0.6 is 0 Å². The molecule has 0 saturated heterocycles. The summed E-state index contributed by atoms with van der Waals surface area (Å²) in [5.74, 6) is -0.476. The normalized spacial score (nSPS) is 10.4. The fourth-order valence-corrected chi connectivity index (χ4v) is 1.32. The van der Waals surface area contributed by atoms with Gasteiger partial charge in [0.25, 0.3) is 5.91 Å². The second-order valence-electron chi connectivity index (χ2n) is 3.05. The van der Waals surface area contributed by atoms with Crippen molar-refractivity contribution in [2.75, 3.05) is 0 Å². The van der Waals surface area contributed by atoms with Gasteiger partial charge < -0.3 is 5.73 Å². The molecule has 4 heteroatoms. The third-order valence-corrected chi connectivity index (χ3v) is 1.96. The number of nitrogens with two attached hydrogens (primary N) is 1. The predicted octanol–water partition coefficient (Wildman–Crippen LogP) is 1.04. The summed E-state index contributed by atoms with van der Waals surface area (Å²) in [6, 6.07) is 5.19. The topological polar surface area (TPSA) is 68.9 Å². The molecule has 1 amide bonds. The van der Waals surface area contributed by atoms with Gasteiger partial charge in [0, 0.05) is 6.20 Å². The Bertz CT molecular complexity index is 508. The van der Waals surface area contributed by atoms with Crippen LogP contribution in [0.2, 0.25) is 0 Å². The lowest BCUT2D eigenvalue weighted by atomic mass is 10.1. The molecule has 0 spiro atoms. The average molecular weight is 187 g/mol. The van der Waals surface area contributed by atoms with E-state index in [1.807, 2.05) is 6.92 Å². The second kappa shape index (κ2) is 3.06. The fraction of sp³-hybridized carbons (Fsp3) is 0.100. The van der Waals surface area contributed by atoms with E-state index in [0.717, 1.165) is 5.69 Å². The molecule has 2 aromatic rings. The molecule has 0 bridgehead atoms. The standard InChI is InChI=1S/C10H9N3O/c1-6-5-12-8-4-2-3-7(10(11)14)9(8)13-6/h2-5H,1H3,(H2,11,14). The van der Waals surface area contributed by atoms with Crippen molar-refractivity contribution >= 4 is 16.9 Å². The summed E-state index contributed by atoms with van der Waals surface area (Å²) in [6.07, 6.45) is 1.66. The first-order chi connectivity index (χ1) is 6.68. The van der Waals surface area contributed by atoms with Crippen LogP contribution in [0.25, 0.3) is 11.0 Å². The van der Waals surface area contributed by atoms with Gasteiger partial charge in [-0.25, -0.2) is 4.98 Å². The van der Waals surface area contributed by atoms with Gasteiger partial charge in [-0.05, 0) is 19.1 Å². The molecule has 1 heterocycles. The third-order valence-electron chi connectivity index (χ3n) is 1.96. The highest BCUT2D eigenvalue weighted by molar-refractivity contribution is 6.03. The molecule has 0 aliphatic carbocycles. The molecule has 0 saturated carbocycles. The minimum absolute atomic E-state index is 0.415. The highest BCUT2D eigenvalue weighted by atomic mass is 16.1. The zero-order valence-corrected chi connectivity index (χ0v) is 7.69. The molecular formula is C10H9N3O. The van der Waals surface area contributed by atoms with Crippen molar-refractivity contribution in [3.63, 3.8) is 0 Å². The van der Waals surface area contributed by atoms with Crippen molar-refractivity contribution in [1.29, 1.82) is 0 Å². The summed E-state index contributed by atoms with van der Waals surface area (Å²) in [7, 11) is 0. The number of amides is 1. The van der Waals surface area contributed by atoms with E-state index in [1.165, 1.54) is 0 Å². The van der Waals surface area contributed by atoms with E-state index in [-0.39, 0.29) is 0 Å². The van der Waals surface area contributed by atoms with Crippen molar-refractivity contribution in [1.82, 2.24) is 9.97 Å². The van der Waals surface area contributed by atoms with Gasteiger partial charge in [0.2, 0.25) is 0 Å². The quantitative estimate of drug-likeness (QED) is 0.725. The van der Waals surface area contributed by atoms with Crippen LogP contribution in [0.5, 0.6) is 0 Å². The molecule has 0 aliphatic rings. The maximum Gasteiger partial charge on any atom is 0.250 e. The first-order valence-electron chi connectivity index (χ1n) is 4.20. The second-order valence-corrected chi connectivity index (χ2v) is 3.05. The van der Waals surface area contributed by atoms with Crippen LogP contribution < -0.4 is 5.73 Å². The van der Waals surface area contributed by atoms with E-state index in [0.29, 0.717) is 16.6 Å². The van der Waals surface area contributed by atoms with E-state index in [9.17, 15) is 4.79 Å². The van der Waals surface area contributed by atoms with Gasteiger partial charge in [-0.1, -0.05) is 6.07 Å². The number of rotatable bonds is 1. The number of fused-ring (bicyclic) bond motifs is 1. The van der Waals surface area contributed by atoms with Crippen LogP contribution in [0, 0.1) is 6.92 Å². The van der Waals surface area contributed by atoms with Gasteiger partial charge in [-0.2, -0.15) is 0 Å². The lowest BCUT2D eigenvalue weighted by Crippen LogP contribution is -2.12. The number of carbonyl (C=O) groups excluding carboxylic acids is 1. The minimum Gasteiger partial charge on any atom is -0.366 e. The Morgan fingerprint density at radius 1 is 1.43 bits per heavy atom. The first kappa shape index (κ1) is 8.62. The Kier molecular flexibility index (Phi) is 1.89. The number of carbonyl (C=O) groups is 1. The maximum absolute atomic E-state index is 11.1. The smallest absolute Gasteiger partial charge is 0.250 e. The fourth-order valence-electron chi connectivity index (χ4n) is 1.32. The number of hydrogen-bond acceptors (Lipinski definition) is 3. The summed E-state index contributed by atoms with van der Waals surface area (Å²) in [6.45, 7) is 1.82. The molecule has 0 atom stereocenters. The SMILES string of the molecule is Cc1cnc2cccc(C(N)=O)c2n1. The molecule has 70 valence electrons. The Morgan fingerprint density at radius 3 is 2.93 bits per heavy atom. The van der Waals surface area contributed by atoms with Crippen molar-refractivity contribution in [2.45, 2.75) is 6.92 Å². The van der Waals surface area contributed by atoms with Crippen molar-refractivity contribution in [2.24, 2.45) is 5.73 Å². The van der Waals surface area contributed by atoms with Crippen LogP contribution in [-0.2, 0) is 0 Å². The minimum atomic E-state index is -0.476. The Balaban J connectivity index is 2.84. The monoisotopic (exact) mass is 187 g/mol. The zero-order chi connectivity index (χ0) is 10.1. The van der Waals surface area contributed by atoms with E-state index >= 15 is 0 Å². The summed E-state index contributed by atoms with van der Waals surface area (Å²) < 4.78 is 0. The molecule has 0 aliphatic heterocycles. The molecule has 2 N–H and O–H groups in total. The predicted molar refractivity (Wildman–Crippen MR) is 52.8 cm³/mol. The summed E-state index contributed by atoms with van der Waals surface area (Å²) in [5, 5.41) is 0. The summed E-state index contributed by atoms with van der Waals surface area (Å²) >= 11 is 0. The van der Waals surface area contributed by atoms with E-state index in [4.69, 9.17) is 5.73 Å². The van der Waals surface area contributed by atoms with Crippen molar-refractivity contribution in [3.8, 4) is 0 Å². The zero-order valence-electron chi connectivity index (χ0n) is 7.69. The number of nitrogens with zero attached hydrogens (tertiary/aromatic N) is 2. The van der Waals surface area contributed by atoms with Crippen LogP contribution in [-0.4, -0.2) is 15.9 Å². The van der Waals surface area contributed by atoms with E-state index in [1.54, 1.807) is 24.4 Å². The van der Waals surface area contributed by atoms with Crippen LogP contribution in [0.3, 0.4) is 0 Å². The molecule has 2 rings (SSSR count). The lowest BCUT2D eigenvalue weighted by molar-refractivity contribution is 0.100.